The number of nitro groups is 1. The Bertz CT molecular complexity index is 2120. The average Bonchev–Trinajstić information content (AvgIpc) is 3.60. The normalized spacial score (nSPS) is 14.9. The highest BCUT2D eigenvalue weighted by Crippen LogP contribution is 2.40. The van der Waals surface area contributed by atoms with Crippen molar-refractivity contribution in [2.24, 2.45) is 4.99 Å². The van der Waals surface area contributed by atoms with Crippen molar-refractivity contribution in [1.29, 1.82) is 0 Å². The van der Waals surface area contributed by atoms with Crippen LogP contribution < -0.4 is 19.6 Å². The number of allylic oxidation sites excluding steroid dienone is 1. The molecular weight excluding hydrogens is 570 g/mol. The number of nitro benzene ring substituents is 1. The Hall–Kier alpha value is -5.29. The van der Waals surface area contributed by atoms with E-state index in [4.69, 9.17) is 13.9 Å². The van der Waals surface area contributed by atoms with Crippen LogP contribution in [0.15, 0.2) is 98.3 Å². The number of carbonyl (C=O) groups is 1. The van der Waals surface area contributed by atoms with Gasteiger partial charge in [0.2, 0.25) is 0 Å². The zero-order chi connectivity index (χ0) is 30.2. The zero-order valence-corrected chi connectivity index (χ0v) is 24.2. The highest BCUT2D eigenvalue weighted by Gasteiger charge is 2.36. The summed E-state index contributed by atoms with van der Waals surface area (Å²) < 4.78 is 19.1. The van der Waals surface area contributed by atoms with Crippen LogP contribution in [-0.4, -0.2) is 29.2 Å². The third-order valence-corrected chi connectivity index (χ3v) is 8.19. The molecule has 6 rings (SSSR count). The summed E-state index contributed by atoms with van der Waals surface area (Å²) >= 11 is 1.18. The fourth-order valence-electron chi connectivity index (χ4n) is 5.26. The molecule has 0 amide bonds. The van der Waals surface area contributed by atoms with E-state index in [0.29, 0.717) is 43.4 Å². The molecular formula is C32H25N3O7S. The molecule has 5 aromatic rings. The Morgan fingerprint density at radius 3 is 2.60 bits per heavy atom. The summed E-state index contributed by atoms with van der Waals surface area (Å²) in [6, 6.07) is 20.1. The van der Waals surface area contributed by atoms with Crippen molar-refractivity contribution < 1.29 is 23.6 Å². The number of carbonyl (C=O) groups excluding carboxylic acids is 1. The van der Waals surface area contributed by atoms with Crippen molar-refractivity contribution >= 4 is 39.8 Å². The number of hydrogen-bond acceptors (Lipinski definition) is 9. The van der Waals surface area contributed by atoms with Crippen LogP contribution in [0.2, 0.25) is 0 Å². The molecule has 1 unspecified atom stereocenters. The Morgan fingerprint density at radius 2 is 1.88 bits per heavy atom. The smallest absolute Gasteiger partial charge is 0.338 e. The van der Waals surface area contributed by atoms with Crippen LogP contribution in [0.1, 0.15) is 31.2 Å². The molecule has 216 valence electrons. The Kier molecular flexibility index (Phi) is 7.24. The Labute approximate surface area is 248 Å². The van der Waals surface area contributed by atoms with Crippen molar-refractivity contribution in [3.8, 4) is 17.1 Å². The fourth-order valence-corrected chi connectivity index (χ4v) is 6.29. The lowest BCUT2D eigenvalue weighted by molar-refractivity contribution is -0.384. The van der Waals surface area contributed by atoms with Gasteiger partial charge in [-0.05, 0) is 55.0 Å². The monoisotopic (exact) mass is 595 g/mol. The first-order valence-electron chi connectivity index (χ1n) is 13.4. The lowest BCUT2D eigenvalue weighted by Crippen LogP contribution is -2.40. The van der Waals surface area contributed by atoms with Gasteiger partial charge >= 0.3 is 5.97 Å². The van der Waals surface area contributed by atoms with E-state index < -0.39 is 16.9 Å². The maximum absolute atomic E-state index is 14.1. The number of rotatable bonds is 7. The average molecular weight is 596 g/mol. The summed E-state index contributed by atoms with van der Waals surface area (Å²) in [5.41, 5.74) is 1.64. The molecule has 0 aliphatic carbocycles. The van der Waals surface area contributed by atoms with Gasteiger partial charge in [0.1, 0.15) is 23.3 Å². The Balaban J connectivity index is 1.53. The number of nitrogens with zero attached hydrogens (tertiary/aromatic N) is 3. The predicted molar refractivity (Wildman–Crippen MR) is 162 cm³/mol. The molecule has 3 heterocycles. The molecule has 10 nitrogen and oxygen atoms in total. The molecule has 0 saturated heterocycles. The van der Waals surface area contributed by atoms with Gasteiger partial charge in [0.15, 0.2) is 4.80 Å². The van der Waals surface area contributed by atoms with Crippen LogP contribution in [0.3, 0.4) is 0 Å². The van der Waals surface area contributed by atoms with Crippen LogP contribution >= 0.6 is 11.3 Å². The van der Waals surface area contributed by atoms with Gasteiger partial charge in [-0.3, -0.25) is 19.5 Å². The number of benzene rings is 3. The molecule has 3 aromatic carbocycles. The summed E-state index contributed by atoms with van der Waals surface area (Å²) in [7, 11) is 1.55. The first kappa shape index (κ1) is 27.9. The molecule has 1 aliphatic rings. The standard InChI is InChI=1S/C32H25N3O7S/c1-4-41-31(37)27-18(2)33-32-34(29(27)28-23-8-6-5-7-19(23)11-15-25(28)40-3)30(36)26(43-32)17-22-14-16-24(42-22)20-9-12-21(13-10-20)35(38)39/h5-17,29H,4H2,1-3H3. The second-order valence-electron chi connectivity index (χ2n) is 9.71. The molecule has 1 atom stereocenters. The van der Waals surface area contributed by atoms with Gasteiger partial charge in [-0.1, -0.05) is 41.7 Å². The van der Waals surface area contributed by atoms with Gasteiger partial charge in [0.05, 0.1) is 34.4 Å². The third-order valence-electron chi connectivity index (χ3n) is 7.20. The highest BCUT2D eigenvalue weighted by molar-refractivity contribution is 7.07. The summed E-state index contributed by atoms with van der Waals surface area (Å²) in [4.78, 5) is 43.1. The molecule has 0 saturated carbocycles. The highest BCUT2D eigenvalue weighted by atomic mass is 32.1. The minimum absolute atomic E-state index is 0.0218. The second kappa shape index (κ2) is 11.2. The van der Waals surface area contributed by atoms with E-state index in [1.807, 2.05) is 36.4 Å². The lowest BCUT2D eigenvalue weighted by Gasteiger charge is -2.27. The third kappa shape index (κ3) is 4.93. The first-order valence-corrected chi connectivity index (χ1v) is 14.2. The first-order chi connectivity index (χ1) is 20.8. The SMILES string of the molecule is CCOC(=O)C1=C(C)N=c2sc(=Cc3ccc(-c4ccc([N+](=O)[O-])cc4)o3)c(=O)n2C1c1c(OC)ccc2ccccc12. The number of esters is 1. The molecule has 43 heavy (non-hydrogen) atoms. The van der Waals surface area contributed by atoms with E-state index in [2.05, 4.69) is 4.99 Å². The van der Waals surface area contributed by atoms with E-state index >= 15 is 0 Å². The van der Waals surface area contributed by atoms with E-state index in [0.717, 1.165) is 10.8 Å². The zero-order valence-electron chi connectivity index (χ0n) is 23.4. The maximum Gasteiger partial charge on any atom is 0.338 e. The van der Waals surface area contributed by atoms with Gasteiger partial charge in [0.25, 0.3) is 11.2 Å². The van der Waals surface area contributed by atoms with Gasteiger partial charge in [0, 0.05) is 29.3 Å². The molecule has 2 aromatic heterocycles. The quantitative estimate of drug-likeness (QED) is 0.145. The summed E-state index contributed by atoms with van der Waals surface area (Å²) in [6.07, 6.45) is 1.62. The molecule has 0 bridgehead atoms. The fraction of sp³-hybridized carbons (Fsp3) is 0.156. The van der Waals surface area contributed by atoms with Crippen LogP contribution in [0.25, 0.3) is 28.2 Å². The van der Waals surface area contributed by atoms with Crippen molar-refractivity contribution in [3.05, 3.63) is 125 Å². The van der Waals surface area contributed by atoms with E-state index in [9.17, 15) is 19.7 Å². The van der Waals surface area contributed by atoms with E-state index in [1.54, 1.807) is 51.3 Å². The minimum atomic E-state index is -0.856. The summed E-state index contributed by atoms with van der Waals surface area (Å²) in [5.74, 6) is 0.873. The molecule has 0 radical (unpaired) electrons. The van der Waals surface area contributed by atoms with E-state index in [-0.39, 0.29) is 23.4 Å². The summed E-state index contributed by atoms with van der Waals surface area (Å²) in [6.45, 7) is 3.62. The van der Waals surface area contributed by atoms with Crippen molar-refractivity contribution in [2.75, 3.05) is 13.7 Å². The van der Waals surface area contributed by atoms with Gasteiger partial charge in [-0.15, -0.1) is 0 Å². The van der Waals surface area contributed by atoms with Gasteiger partial charge in [-0.2, -0.15) is 0 Å². The molecule has 0 spiro atoms. The number of fused-ring (bicyclic) bond motifs is 2. The van der Waals surface area contributed by atoms with Crippen molar-refractivity contribution in [3.63, 3.8) is 0 Å². The number of ether oxygens (including phenoxy) is 2. The predicted octanol–water partition coefficient (Wildman–Crippen LogP) is 5.13. The molecule has 0 N–H and O–H groups in total. The number of hydrogen-bond donors (Lipinski definition) is 0. The van der Waals surface area contributed by atoms with Crippen molar-refractivity contribution in [1.82, 2.24) is 4.57 Å². The number of aromatic nitrogens is 1. The van der Waals surface area contributed by atoms with Crippen LogP contribution in [-0.2, 0) is 9.53 Å². The maximum atomic E-state index is 14.1. The van der Waals surface area contributed by atoms with Crippen LogP contribution in [0, 0.1) is 10.1 Å². The largest absolute Gasteiger partial charge is 0.496 e. The summed E-state index contributed by atoms with van der Waals surface area (Å²) in [5, 5.41) is 12.8. The van der Waals surface area contributed by atoms with E-state index in [1.165, 1.54) is 28.0 Å². The molecule has 0 fully saturated rings. The van der Waals surface area contributed by atoms with Gasteiger partial charge < -0.3 is 13.9 Å². The molecule has 1 aliphatic heterocycles. The number of non-ortho nitro benzene ring substituents is 1. The van der Waals surface area contributed by atoms with Crippen LogP contribution in [0.5, 0.6) is 5.75 Å². The minimum Gasteiger partial charge on any atom is -0.496 e. The number of methoxy groups -OCH3 is 1. The van der Waals surface area contributed by atoms with Gasteiger partial charge in [-0.25, -0.2) is 9.79 Å². The van der Waals surface area contributed by atoms with Crippen LogP contribution in [0.4, 0.5) is 5.69 Å². The molecule has 11 heteroatoms. The lowest BCUT2D eigenvalue weighted by atomic mass is 9.90. The topological polar surface area (TPSA) is 126 Å². The Morgan fingerprint density at radius 1 is 1.12 bits per heavy atom. The van der Waals surface area contributed by atoms with Crippen molar-refractivity contribution in [2.45, 2.75) is 19.9 Å². The number of furan rings is 1. The second-order valence-corrected chi connectivity index (χ2v) is 10.7. The number of thiazole rings is 1.